The lowest BCUT2D eigenvalue weighted by molar-refractivity contribution is -0.115. The Balaban J connectivity index is 1.42. The lowest BCUT2D eigenvalue weighted by Crippen LogP contribution is -2.44. The van der Waals surface area contributed by atoms with Gasteiger partial charge in [0.1, 0.15) is 5.75 Å². The molecule has 1 amide bonds. The molecule has 0 aliphatic carbocycles. The molecule has 7 nitrogen and oxygen atoms in total. The zero-order valence-electron chi connectivity index (χ0n) is 17.9. The first-order valence-corrected chi connectivity index (χ1v) is 10.4. The van der Waals surface area contributed by atoms with Gasteiger partial charge in [-0.05, 0) is 49.0 Å². The Hall–Kier alpha value is -3.45. The van der Waals surface area contributed by atoms with E-state index < -0.39 is 0 Å². The first-order chi connectivity index (χ1) is 15.1. The zero-order chi connectivity index (χ0) is 21.6. The SMILES string of the molecule is COc1ccc(NC(=O)Cc2ccc(-c3ccncc3)nc2)cc1N1CCN(C)CC1. The molecule has 1 saturated heterocycles. The number of carbonyl (C=O) groups is 1. The predicted octanol–water partition coefficient (Wildman–Crippen LogP) is 3.09. The van der Waals surface area contributed by atoms with E-state index in [-0.39, 0.29) is 12.3 Å². The lowest BCUT2D eigenvalue weighted by Gasteiger charge is -2.34. The minimum absolute atomic E-state index is 0.0760. The molecule has 1 fully saturated rings. The highest BCUT2D eigenvalue weighted by molar-refractivity contribution is 5.93. The average molecular weight is 418 g/mol. The first-order valence-electron chi connectivity index (χ1n) is 10.4. The fourth-order valence-corrected chi connectivity index (χ4v) is 3.68. The molecule has 0 atom stereocenters. The van der Waals surface area contributed by atoms with Gasteiger partial charge in [-0.25, -0.2) is 0 Å². The van der Waals surface area contributed by atoms with Crippen LogP contribution in [0, 0.1) is 0 Å². The number of benzene rings is 1. The molecule has 31 heavy (non-hydrogen) atoms. The third-order valence-electron chi connectivity index (χ3n) is 5.47. The normalized spacial score (nSPS) is 14.3. The summed E-state index contributed by atoms with van der Waals surface area (Å²) in [7, 11) is 3.81. The highest BCUT2D eigenvalue weighted by Gasteiger charge is 2.18. The van der Waals surface area contributed by atoms with Crippen LogP contribution in [0.15, 0.2) is 61.1 Å². The van der Waals surface area contributed by atoms with Crippen molar-refractivity contribution in [1.29, 1.82) is 0 Å². The standard InChI is InChI=1S/C24H27N5O2/c1-28-11-13-29(14-12-28)22-16-20(4-6-23(22)31-2)27-24(30)15-18-3-5-21(26-17-18)19-7-9-25-10-8-19/h3-10,16-17H,11-15H2,1-2H3,(H,27,30). The highest BCUT2D eigenvalue weighted by Crippen LogP contribution is 2.32. The third-order valence-corrected chi connectivity index (χ3v) is 5.47. The molecule has 1 aromatic carbocycles. The second-order valence-electron chi connectivity index (χ2n) is 7.69. The van der Waals surface area contributed by atoms with E-state index in [9.17, 15) is 4.79 Å². The number of aromatic nitrogens is 2. The van der Waals surface area contributed by atoms with Crippen LogP contribution >= 0.6 is 0 Å². The van der Waals surface area contributed by atoms with E-state index in [1.807, 2.05) is 42.5 Å². The van der Waals surface area contributed by atoms with Gasteiger partial charge in [0.25, 0.3) is 0 Å². The topological polar surface area (TPSA) is 70.6 Å². The van der Waals surface area contributed by atoms with E-state index in [2.05, 4.69) is 32.1 Å². The Kier molecular flexibility index (Phi) is 6.43. The molecule has 0 bridgehead atoms. The minimum Gasteiger partial charge on any atom is -0.495 e. The van der Waals surface area contributed by atoms with Gasteiger partial charge in [-0.15, -0.1) is 0 Å². The smallest absolute Gasteiger partial charge is 0.228 e. The number of anilines is 2. The number of nitrogens with zero attached hydrogens (tertiary/aromatic N) is 4. The maximum absolute atomic E-state index is 12.6. The van der Waals surface area contributed by atoms with Gasteiger partial charge < -0.3 is 19.9 Å². The van der Waals surface area contributed by atoms with Crippen molar-refractivity contribution in [3.05, 3.63) is 66.6 Å². The molecule has 1 aliphatic heterocycles. The number of nitrogens with one attached hydrogen (secondary N) is 1. The number of amides is 1. The molecular weight excluding hydrogens is 390 g/mol. The summed E-state index contributed by atoms with van der Waals surface area (Å²) < 4.78 is 5.55. The molecule has 160 valence electrons. The number of likely N-dealkylation sites (N-methyl/N-ethyl adjacent to an activating group) is 1. The third kappa shape index (κ3) is 5.19. The molecule has 0 radical (unpaired) electrons. The summed E-state index contributed by atoms with van der Waals surface area (Å²) in [5.41, 5.74) is 4.50. The maximum atomic E-state index is 12.6. The highest BCUT2D eigenvalue weighted by atomic mass is 16.5. The Morgan fingerprint density at radius 3 is 2.52 bits per heavy atom. The van der Waals surface area contributed by atoms with E-state index in [0.717, 1.165) is 60.1 Å². The van der Waals surface area contributed by atoms with Crippen LogP contribution in [0.1, 0.15) is 5.56 Å². The molecule has 4 rings (SSSR count). The van der Waals surface area contributed by atoms with Crippen LogP contribution in [0.2, 0.25) is 0 Å². The molecular formula is C24H27N5O2. The van der Waals surface area contributed by atoms with Crippen LogP contribution in [0.3, 0.4) is 0 Å². The minimum atomic E-state index is -0.0760. The molecule has 0 spiro atoms. The van der Waals surface area contributed by atoms with Crippen molar-refractivity contribution in [3.63, 3.8) is 0 Å². The van der Waals surface area contributed by atoms with E-state index in [4.69, 9.17) is 4.74 Å². The van der Waals surface area contributed by atoms with E-state index in [0.29, 0.717) is 0 Å². The second-order valence-corrected chi connectivity index (χ2v) is 7.69. The van der Waals surface area contributed by atoms with Crippen molar-refractivity contribution >= 4 is 17.3 Å². The van der Waals surface area contributed by atoms with Crippen LogP contribution in [-0.2, 0) is 11.2 Å². The number of piperazine rings is 1. The maximum Gasteiger partial charge on any atom is 0.228 e. The monoisotopic (exact) mass is 417 g/mol. The predicted molar refractivity (Wildman–Crippen MR) is 123 cm³/mol. The summed E-state index contributed by atoms with van der Waals surface area (Å²) in [5.74, 6) is 0.742. The largest absolute Gasteiger partial charge is 0.495 e. The van der Waals surface area contributed by atoms with Crippen molar-refractivity contribution < 1.29 is 9.53 Å². The van der Waals surface area contributed by atoms with Gasteiger partial charge in [0.05, 0.1) is 24.9 Å². The Bertz CT molecular complexity index is 1020. The molecule has 1 N–H and O–H groups in total. The van der Waals surface area contributed by atoms with Crippen LogP contribution in [0.4, 0.5) is 11.4 Å². The molecule has 2 aromatic heterocycles. The van der Waals surface area contributed by atoms with Crippen LogP contribution in [-0.4, -0.2) is 61.1 Å². The zero-order valence-corrected chi connectivity index (χ0v) is 17.9. The van der Waals surface area contributed by atoms with Gasteiger partial charge in [-0.3, -0.25) is 14.8 Å². The van der Waals surface area contributed by atoms with Gasteiger partial charge in [0, 0.05) is 56.0 Å². The van der Waals surface area contributed by atoms with Crippen molar-refractivity contribution in [2.45, 2.75) is 6.42 Å². The second kappa shape index (κ2) is 9.57. The number of carbonyl (C=O) groups excluding carboxylic acids is 1. The van der Waals surface area contributed by atoms with Crippen molar-refractivity contribution in [2.24, 2.45) is 0 Å². The van der Waals surface area contributed by atoms with E-state index >= 15 is 0 Å². The van der Waals surface area contributed by atoms with Crippen molar-refractivity contribution in [3.8, 4) is 17.0 Å². The number of pyridine rings is 2. The van der Waals surface area contributed by atoms with Gasteiger partial charge in [-0.1, -0.05) is 6.07 Å². The Labute approximate surface area is 182 Å². The summed E-state index contributed by atoms with van der Waals surface area (Å²) in [6.45, 7) is 3.87. The number of hydrogen-bond acceptors (Lipinski definition) is 6. The van der Waals surface area contributed by atoms with Gasteiger partial charge >= 0.3 is 0 Å². The number of methoxy groups -OCH3 is 1. The Morgan fingerprint density at radius 2 is 1.84 bits per heavy atom. The molecule has 3 aromatic rings. The van der Waals surface area contributed by atoms with Gasteiger partial charge in [0.2, 0.25) is 5.91 Å². The van der Waals surface area contributed by atoms with Crippen LogP contribution < -0.4 is 15.0 Å². The summed E-state index contributed by atoms with van der Waals surface area (Å²) >= 11 is 0. The molecule has 7 heteroatoms. The van der Waals surface area contributed by atoms with Gasteiger partial charge in [0.15, 0.2) is 0 Å². The van der Waals surface area contributed by atoms with E-state index in [1.165, 1.54) is 0 Å². The van der Waals surface area contributed by atoms with Gasteiger partial charge in [-0.2, -0.15) is 0 Å². The average Bonchev–Trinajstić information content (AvgIpc) is 2.80. The summed E-state index contributed by atoms with van der Waals surface area (Å²) in [6.07, 6.45) is 5.49. The lowest BCUT2D eigenvalue weighted by atomic mass is 10.1. The first kappa shape index (κ1) is 20.8. The fourth-order valence-electron chi connectivity index (χ4n) is 3.68. The number of ether oxygens (including phenoxy) is 1. The molecule has 1 aliphatic rings. The molecule has 0 saturated carbocycles. The summed E-state index contributed by atoms with van der Waals surface area (Å²) in [5, 5.41) is 3.01. The summed E-state index contributed by atoms with van der Waals surface area (Å²) in [4.78, 5) is 25.7. The van der Waals surface area contributed by atoms with Crippen molar-refractivity contribution in [1.82, 2.24) is 14.9 Å². The van der Waals surface area contributed by atoms with Crippen LogP contribution in [0.5, 0.6) is 5.75 Å². The number of hydrogen-bond donors (Lipinski definition) is 1. The Morgan fingerprint density at radius 1 is 1.06 bits per heavy atom. The molecule has 3 heterocycles. The fraction of sp³-hybridized carbons (Fsp3) is 0.292. The quantitative estimate of drug-likeness (QED) is 0.665. The van der Waals surface area contributed by atoms with Crippen molar-refractivity contribution in [2.75, 3.05) is 50.6 Å². The van der Waals surface area contributed by atoms with Crippen LogP contribution in [0.25, 0.3) is 11.3 Å². The number of rotatable bonds is 6. The molecule has 0 unspecified atom stereocenters. The van der Waals surface area contributed by atoms with E-state index in [1.54, 1.807) is 25.7 Å². The summed E-state index contributed by atoms with van der Waals surface area (Å²) in [6, 6.07) is 13.5.